The molecule has 0 radical (unpaired) electrons. The van der Waals surface area contributed by atoms with Gasteiger partial charge in [-0.1, -0.05) is 60.7 Å². The van der Waals surface area contributed by atoms with Crippen molar-refractivity contribution in [2.45, 2.75) is 19.3 Å². The molecule has 9 heteroatoms. The molecular weight excluding hydrogens is 472 g/mol. The lowest BCUT2D eigenvalue weighted by molar-refractivity contribution is -0.385. The highest BCUT2D eigenvalue weighted by Gasteiger charge is 2.39. The fourth-order valence-electron chi connectivity index (χ4n) is 4.64. The summed E-state index contributed by atoms with van der Waals surface area (Å²) < 4.78 is 0. The van der Waals surface area contributed by atoms with Crippen LogP contribution >= 0.6 is 0 Å². The molecule has 0 aliphatic carbocycles. The topological polar surface area (TPSA) is 110 Å². The predicted molar refractivity (Wildman–Crippen MR) is 138 cm³/mol. The van der Waals surface area contributed by atoms with Crippen molar-refractivity contribution in [1.29, 1.82) is 0 Å². The molecule has 1 atom stereocenters. The Hall–Kier alpha value is -5.05. The molecule has 37 heavy (non-hydrogen) atoms. The number of non-ortho nitro benzene ring substituents is 2. The minimum Gasteiger partial charge on any atom is -0.342 e. The number of rotatable bonds is 7. The van der Waals surface area contributed by atoms with Crippen LogP contribution in [0.4, 0.5) is 17.1 Å². The maximum atomic E-state index is 13.9. The van der Waals surface area contributed by atoms with Gasteiger partial charge in [-0.3, -0.25) is 25.0 Å². The normalized spacial score (nSPS) is 14.8. The summed E-state index contributed by atoms with van der Waals surface area (Å²) in [5.41, 5.74) is 3.14. The molecule has 0 N–H and O–H groups in total. The van der Waals surface area contributed by atoms with E-state index in [1.54, 1.807) is 23.1 Å². The molecule has 1 aliphatic rings. The van der Waals surface area contributed by atoms with Crippen molar-refractivity contribution < 1.29 is 14.6 Å². The number of hydrogen-bond acceptors (Lipinski definition) is 6. The summed E-state index contributed by atoms with van der Waals surface area (Å²) in [6.07, 6.45) is -0.609. The fraction of sp³-hybridized carbons (Fsp3) is 0.107. The van der Waals surface area contributed by atoms with Crippen LogP contribution in [0.25, 0.3) is 0 Å². The summed E-state index contributed by atoms with van der Waals surface area (Å²) in [4.78, 5) is 39.4. The van der Waals surface area contributed by atoms with Gasteiger partial charge in [0.2, 0.25) is 0 Å². The Labute approximate surface area is 212 Å². The first-order chi connectivity index (χ1) is 17.9. The number of nitro benzene ring substituents is 2. The lowest BCUT2D eigenvalue weighted by atomic mass is 9.98. The van der Waals surface area contributed by atoms with Gasteiger partial charge in [-0.2, -0.15) is 0 Å². The van der Waals surface area contributed by atoms with E-state index in [9.17, 15) is 25.0 Å². The molecule has 0 saturated heterocycles. The van der Waals surface area contributed by atoms with E-state index in [-0.39, 0.29) is 29.4 Å². The van der Waals surface area contributed by atoms with Gasteiger partial charge < -0.3 is 9.80 Å². The van der Waals surface area contributed by atoms with Crippen LogP contribution in [0.3, 0.4) is 0 Å². The highest BCUT2D eigenvalue weighted by molar-refractivity contribution is 6.02. The van der Waals surface area contributed by atoms with E-state index in [2.05, 4.69) is 0 Å². The van der Waals surface area contributed by atoms with Gasteiger partial charge in [0.15, 0.2) is 0 Å². The second-order valence-electron chi connectivity index (χ2n) is 8.71. The van der Waals surface area contributed by atoms with Gasteiger partial charge in [-0.25, -0.2) is 0 Å². The molecule has 4 aromatic carbocycles. The Bertz CT molecular complexity index is 1460. The standard InChI is InChI=1S/C28H22N4O5/c33-28-25-17-24(32(36)37)15-16-26(25)29(18-20-7-3-1-4-8-20)27(22-11-13-23(14-12-22)31(34)35)30(28)19-21-9-5-2-6-10-21/h1-17,27H,18-19H2/t27-/m0/s1. The number of nitrogens with zero attached hydrogens (tertiary/aromatic N) is 4. The van der Waals surface area contributed by atoms with E-state index in [1.165, 1.54) is 24.3 Å². The fourth-order valence-corrected chi connectivity index (χ4v) is 4.64. The van der Waals surface area contributed by atoms with Crippen molar-refractivity contribution in [3.63, 3.8) is 0 Å². The number of hydrogen-bond donors (Lipinski definition) is 0. The molecule has 0 bridgehead atoms. The van der Waals surface area contributed by atoms with Crippen LogP contribution in [-0.2, 0) is 13.1 Å². The minimum absolute atomic E-state index is 0.0499. The van der Waals surface area contributed by atoms with Gasteiger partial charge in [0.1, 0.15) is 6.17 Å². The molecule has 9 nitrogen and oxygen atoms in total. The average Bonchev–Trinajstić information content (AvgIpc) is 2.92. The minimum atomic E-state index is -0.609. The Morgan fingerprint density at radius 2 is 1.16 bits per heavy atom. The molecule has 0 aromatic heterocycles. The number of amides is 1. The molecule has 1 aliphatic heterocycles. The number of nitro groups is 2. The summed E-state index contributed by atoms with van der Waals surface area (Å²) in [6.45, 7) is 0.653. The molecule has 0 unspecified atom stereocenters. The molecule has 0 saturated carbocycles. The van der Waals surface area contributed by atoms with Crippen LogP contribution in [0.5, 0.6) is 0 Å². The summed E-state index contributed by atoms with van der Waals surface area (Å²) in [7, 11) is 0. The second-order valence-corrected chi connectivity index (χ2v) is 8.71. The van der Waals surface area contributed by atoms with Crippen molar-refractivity contribution in [3.8, 4) is 0 Å². The van der Waals surface area contributed by atoms with Crippen LogP contribution in [0.15, 0.2) is 103 Å². The Morgan fingerprint density at radius 1 is 0.649 bits per heavy atom. The second kappa shape index (κ2) is 9.90. The Balaban J connectivity index is 1.69. The van der Waals surface area contributed by atoms with Crippen molar-refractivity contribution in [3.05, 3.63) is 146 Å². The number of anilines is 1. The van der Waals surface area contributed by atoms with E-state index in [0.29, 0.717) is 17.8 Å². The predicted octanol–water partition coefficient (Wildman–Crippen LogP) is 5.86. The molecule has 5 rings (SSSR count). The lowest BCUT2D eigenvalue weighted by Crippen LogP contribution is -2.48. The summed E-state index contributed by atoms with van der Waals surface area (Å²) >= 11 is 0. The van der Waals surface area contributed by atoms with Crippen molar-refractivity contribution >= 4 is 23.0 Å². The average molecular weight is 495 g/mol. The zero-order valence-corrected chi connectivity index (χ0v) is 19.6. The van der Waals surface area contributed by atoms with Crippen LogP contribution in [0, 0.1) is 20.2 Å². The van der Waals surface area contributed by atoms with Crippen LogP contribution in [-0.4, -0.2) is 20.7 Å². The van der Waals surface area contributed by atoms with E-state index < -0.39 is 16.0 Å². The number of carbonyl (C=O) groups is 1. The lowest BCUT2D eigenvalue weighted by Gasteiger charge is -2.46. The first-order valence-electron chi connectivity index (χ1n) is 11.6. The van der Waals surface area contributed by atoms with Gasteiger partial charge in [0, 0.05) is 37.4 Å². The first kappa shape index (κ1) is 23.7. The van der Waals surface area contributed by atoms with Crippen LogP contribution in [0.2, 0.25) is 0 Å². The third-order valence-electron chi connectivity index (χ3n) is 6.38. The molecule has 0 spiro atoms. The van der Waals surface area contributed by atoms with Gasteiger partial charge in [-0.15, -0.1) is 0 Å². The molecule has 1 amide bonds. The maximum Gasteiger partial charge on any atom is 0.270 e. The quantitative estimate of drug-likeness (QED) is 0.235. The molecule has 4 aromatic rings. The highest BCUT2D eigenvalue weighted by atomic mass is 16.6. The molecule has 0 fully saturated rings. The molecule has 1 heterocycles. The third-order valence-corrected chi connectivity index (χ3v) is 6.38. The molecule has 184 valence electrons. The number of carbonyl (C=O) groups excluding carboxylic acids is 1. The zero-order chi connectivity index (χ0) is 25.9. The van der Waals surface area contributed by atoms with E-state index >= 15 is 0 Å². The van der Waals surface area contributed by atoms with Crippen molar-refractivity contribution in [1.82, 2.24) is 4.90 Å². The summed E-state index contributed by atoms with van der Waals surface area (Å²) in [5, 5.41) is 22.8. The molecular formula is C28H22N4O5. The smallest absolute Gasteiger partial charge is 0.270 e. The van der Waals surface area contributed by atoms with Crippen LogP contribution < -0.4 is 4.90 Å². The van der Waals surface area contributed by atoms with Gasteiger partial charge in [0.25, 0.3) is 17.3 Å². The van der Waals surface area contributed by atoms with Crippen molar-refractivity contribution in [2.75, 3.05) is 4.90 Å². The summed E-state index contributed by atoms with van der Waals surface area (Å²) in [5.74, 6) is -0.352. The van der Waals surface area contributed by atoms with Crippen LogP contribution in [0.1, 0.15) is 33.2 Å². The van der Waals surface area contributed by atoms with E-state index in [0.717, 1.165) is 11.1 Å². The van der Waals surface area contributed by atoms with Crippen molar-refractivity contribution in [2.24, 2.45) is 0 Å². The van der Waals surface area contributed by atoms with Gasteiger partial charge in [0.05, 0.1) is 21.1 Å². The first-order valence-corrected chi connectivity index (χ1v) is 11.6. The number of benzene rings is 4. The monoisotopic (exact) mass is 494 g/mol. The Morgan fingerprint density at radius 3 is 1.70 bits per heavy atom. The van der Waals surface area contributed by atoms with Gasteiger partial charge >= 0.3 is 0 Å². The Kier molecular flexibility index (Phi) is 6.34. The zero-order valence-electron chi connectivity index (χ0n) is 19.6. The largest absolute Gasteiger partial charge is 0.342 e. The van der Waals surface area contributed by atoms with E-state index in [1.807, 2.05) is 65.6 Å². The SMILES string of the molecule is O=C1c2cc([N+](=O)[O-])ccc2N(Cc2ccccc2)[C@H](c2ccc([N+](=O)[O-])cc2)N1Cc1ccccc1. The third kappa shape index (κ3) is 4.74. The van der Waals surface area contributed by atoms with E-state index in [4.69, 9.17) is 0 Å². The highest BCUT2D eigenvalue weighted by Crippen LogP contribution is 2.42. The van der Waals surface area contributed by atoms with Gasteiger partial charge in [-0.05, 0) is 34.9 Å². The number of fused-ring (bicyclic) bond motifs is 1. The maximum absolute atomic E-state index is 13.9. The summed E-state index contributed by atoms with van der Waals surface area (Å²) in [6, 6.07) is 29.6.